The van der Waals surface area contributed by atoms with Crippen LogP contribution in [-0.4, -0.2) is 16.1 Å². The van der Waals surface area contributed by atoms with Crippen LogP contribution in [0.5, 0.6) is 0 Å². The Bertz CT molecular complexity index is 768. The highest BCUT2D eigenvalue weighted by Crippen LogP contribution is 2.17. The number of benzene rings is 3. The minimum absolute atomic E-state index is 1.21. The van der Waals surface area contributed by atoms with Gasteiger partial charge in [0.25, 0.3) is 0 Å². The summed E-state index contributed by atoms with van der Waals surface area (Å²) in [5, 5.41) is 3.09. The SMILES string of the molecule is C[Si](C)(Cc1cccc(C[Si](C)(C)c2ccccc2)c1)c1ccccc1. The fourth-order valence-electron chi connectivity index (χ4n) is 3.85. The van der Waals surface area contributed by atoms with Crippen LogP contribution >= 0.6 is 0 Å². The van der Waals surface area contributed by atoms with Gasteiger partial charge in [0.1, 0.15) is 0 Å². The first kappa shape index (κ1) is 18.9. The van der Waals surface area contributed by atoms with E-state index in [1.54, 1.807) is 10.4 Å². The van der Waals surface area contributed by atoms with Crippen molar-refractivity contribution in [1.29, 1.82) is 0 Å². The van der Waals surface area contributed by atoms with Gasteiger partial charge in [-0.25, -0.2) is 0 Å². The molecule has 0 aliphatic carbocycles. The molecule has 3 aromatic carbocycles. The third-order valence-corrected chi connectivity index (χ3v) is 11.8. The highest BCUT2D eigenvalue weighted by Gasteiger charge is 2.25. The molecule has 3 rings (SSSR count). The summed E-state index contributed by atoms with van der Waals surface area (Å²) in [7, 11) is -2.91. The van der Waals surface area contributed by atoms with Gasteiger partial charge in [-0.05, 0) is 12.1 Å². The molecule has 0 radical (unpaired) electrons. The van der Waals surface area contributed by atoms with Crippen LogP contribution < -0.4 is 10.4 Å². The van der Waals surface area contributed by atoms with Gasteiger partial charge in [0.05, 0.1) is 16.1 Å². The highest BCUT2D eigenvalue weighted by atomic mass is 28.3. The zero-order chi connectivity index (χ0) is 18.6. The first-order valence-electron chi connectivity index (χ1n) is 9.56. The molecule has 0 bridgehead atoms. The van der Waals surface area contributed by atoms with Gasteiger partial charge in [-0.15, -0.1) is 0 Å². The fraction of sp³-hybridized carbons (Fsp3) is 0.250. The predicted octanol–water partition coefficient (Wildman–Crippen LogP) is 5.08. The van der Waals surface area contributed by atoms with Crippen molar-refractivity contribution in [2.24, 2.45) is 0 Å². The van der Waals surface area contributed by atoms with Crippen LogP contribution in [0.4, 0.5) is 0 Å². The van der Waals surface area contributed by atoms with E-state index in [1.165, 1.54) is 23.2 Å². The van der Waals surface area contributed by atoms with Gasteiger partial charge in [0.15, 0.2) is 0 Å². The van der Waals surface area contributed by atoms with E-state index >= 15 is 0 Å². The molecule has 0 nitrogen and oxygen atoms in total. The summed E-state index contributed by atoms with van der Waals surface area (Å²) in [5.74, 6) is 0. The van der Waals surface area contributed by atoms with Crippen molar-refractivity contribution in [2.45, 2.75) is 38.3 Å². The van der Waals surface area contributed by atoms with Crippen LogP contribution in [0.3, 0.4) is 0 Å². The molecule has 0 saturated heterocycles. The van der Waals surface area contributed by atoms with Gasteiger partial charge in [-0.1, -0.05) is 133 Å². The van der Waals surface area contributed by atoms with Crippen molar-refractivity contribution in [3.63, 3.8) is 0 Å². The fourth-order valence-corrected chi connectivity index (χ4v) is 8.93. The molecular formula is C24H30Si2. The molecule has 2 heteroatoms. The average molecular weight is 375 g/mol. The molecule has 0 unspecified atom stereocenters. The summed E-state index contributed by atoms with van der Waals surface area (Å²) < 4.78 is 0. The topological polar surface area (TPSA) is 0 Å². The van der Waals surface area contributed by atoms with E-state index in [4.69, 9.17) is 0 Å². The van der Waals surface area contributed by atoms with Crippen LogP contribution in [0.2, 0.25) is 26.2 Å². The lowest BCUT2D eigenvalue weighted by Crippen LogP contribution is -2.44. The van der Waals surface area contributed by atoms with Crippen molar-refractivity contribution < 1.29 is 0 Å². The molecular weight excluding hydrogens is 344 g/mol. The summed E-state index contributed by atoms with van der Waals surface area (Å²) in [6.45, 7) is 9.94. The van der Waals surface area contributed by atoms with Crippen molar-refractivity contribution in [2.75, 3.05) is 0 Å². The zero-order valence-corrected chi connectivity index (χ0v) is 18.5. The molecule has 0 aliphatic heterocycles. The largest absolute Gasteiger partial charge is 0.0849 e. The maximum absolute atomic E-state index is 2.48. The van der Waals surface area contributed by atoms with Crippen molar-refractivity contribution >= 4 is 26.5 Å². The van der Waals surface area contributed by atoms with Gasteiger partial charge >= 0.3 is 0 Å². The zero-order valence-electron chi connectivity index (χ0n) is 16.5. The van der Waals surface area contributed by atoms with Gasteiger partial charge in [-0.2, -0.15) is 0 Å². The van der Waals surface area contributed by atoms with Crippen LogP contribution in [0, 0.1) is 0 Å². The van der Waals surface area contributed by atoms with Gasteiger partial charge in [-0.3, -0.25) is 0 Å². The molecule has 0 heterocycles. The second kappa shape index (κ2) is 7.77. The minimum Gasteiger partial charge on any atom is -0.0652 e. The van der Waals surface area contributed by atoms with Crippen LogP contribution in [0.1, 0.15) is 11.1 Å². The molecule has 3 aromatic rings. The lowest BCUT2D eigenvalue weighted by molar-refractivity contribution is 1.25. The highest BCUT2D eigenvalue weighted by molar-refractivity contribution is 6.89. The normalized spacial score (nSPS) is 12.2. The lowest BCUT2D eigenvalue weighted by Gasteiger charge is -2.25. The molecule has 0 atom stereocenters. The number of rotatable bonds is 6. The van der Waals surface area contributed by atoms with E-state index in [9.17, 15) is 0 Å². The smallest absolute Gasteiger partial charge is 0.0652 e. The first-order valence-corrected chi connectivity index (χ1v) is 16.0. The van der Waals surface area contributed by atoms with E-state index in [0.717, 1.165) is 0 Å². The Morgan fingerprint density at radius 2 is 0.885 bits per heavy atom. The third kappa shape index (κ3) is 4.63. The van der Waals surface area contributed by atoms with E-state index in [2.05, 4.69) is 111 Å². The monoisotopic (exact) mass is 374 g/mol. The Balaban J connectivity index is 1.78. The summed E-state index contributed by atoms with van der Waals surface area (Å²) in [5.41, 5.74) is 3.00. The van der Waals surface area contributed by atoms with Crippen molar-refractivity contribution in [1.82, 2.24) is 0 Å². The second-order valence-electron chi connectivity index (χ2n) is 8.67. The van der Waals surface area contributed by atoms with Gasteiger partial charge in [0.2, 0.25) is 0 Å². The third-order valence-electron chi connectivity index (χ3n) is 5.39. The van der Waals surface area contributed by atoms with Crippen LogP contribution in [0.15, 0.2) is 84.9 Å². The number of hydrogen-bond donors (Lipinski definition) is 0. The Morgan fingerprint density at radius 3 is 1.27 bits per heavy atom. The van der Waals surface area contributed by atoms with E-state index in [1.807, 2.05) is 0 Å². The molecule has 0 saturated carbocycles. The molecule has 134 valence electrons. The summed E-state index contributed by atoms with van der Waals surface area (Å²) >= 11 is 0. The molecule has 0 amide bonds. The maximum atomic E-state index is 2.48. The lowest BCUT2D eigenvalue weighted by atomic mass is 10.2. The minimum atomic E-state index is -1.45. The molecule has 0 N–H and O–H groups in total. The van der Waals surface area contributed by atoms with Gasteiger partial charge in [0, 0.05) is 0 Å². The van der Waals surface area contributed by atoms with E-state index < -0.39 is 16.1 Å². The van der Waals surface area contributed by atoms with Crippen LogP contribution in [-0.2, 0) is 12.1 Å². The predicted molar refractivity (Wildman–Crippen MR) is 121 cm³/mol. The van der Waals surface area contributed by atoms with Crippen LogP contribution in [0.25, 0.3) is 0 Å². The summed E-state index contributed by atoms with van der Waals surface area (Å²) in [6, 6.07) is 33.9. The molecule has 26 heavy (non-hydrogen) atoms. The standard InChI is InChI=1S/C24H30Si2/c1-25(2,23-14-7-5-8-15-23)19-21-12-11-13-22(18-21)20-26(3,4)24-16-9-6-10-17-24/h5-18H,19-20H2,1-4H3. The molecule has 0 aliphatic rings. The maximum Gasteiger partial charge on any atom is 0.0849 e. The summed E-state index contributed by atoms with van der Waals surface area (Å²) in [4.78, 5) is 0. The Hall–Kier alpha value is -1.91. The Labute approximate surface area is 160 Å². The average Bonchev–Trinajstić information content (AvgIpc) is 2.63. The van der Waals surface area contributed by atoms with E-state index in [-0.39, 0.29) is 0 Å². The molecule has 0 aromatic heterocycles. The molecule has 0 fully saturated rings. The summed E-state index contributed by atoms with van der Waals surface area (Å²) in [6.07, 6.45) is 0. The Kier molecular flexibility index (Phi) is 5.64. The first-order chi connectivity index (χ1) is 12.4. The van der Waals surface area contributed by atoms with Gasteiger partial charge < -0.3 is 0 Å². The quantitative estimate of drug-likeness (QED) is 0.528. The Morgan fingerprint density at radius 1 is 0.500 bits per heavy atom. The molecule has 0 spiro atoms. The number of hydrogen-bond acceptors (Lipinski definition) is 0. The van der Waals surface area contributed by atoms with Crippen molar-refractivity contribution in [3.8, 4) is 0 Å². The van der Waals surface area contributed by atoms with E-state index in [0.29, 0.717) is 0 Å². The van der Waals surface area contributed by atoms with Crippen molar-refractivity contribution in [3.05, 3.63) is 96.1 Å². The second-order valence-corrected chi connectivity index (χ2v) is 18.1.